The molecule has 3 nitrogen and oxygen atoms in total. The summed E-state index contributed by atoms with van der Waals surface area (Å²) in [5.41, 5.74) is 2.09. The number of ether oxygens (including phenoxy) is 1. The Morgan fingerprint density at radius 2 is 1.88 bits per heavy atom. The van der Waals surface area contributed by atoms with Crippen LogP contribution in [-0.4, -0.2) is 35.5 Å². The first-order valence-corrected chi connectivity index (χ1v) is 10.2. The topological polar surface area (TPSA) is 25.4 Å². The normalized spacial score (nSPS) is 11.6. The smallest absolute Gasteiger partial charge is 0.120 e. The molecule has 0 aliphatic rings. The van der Waals surface area contributed by atoms with Crippen LogP contribution < -0.4 is 4.74 Å². The molecule has 0 amide bonds. The Bertz CT molecular complexity index is 845. The molecule has 0 bridgehead atoms. The summed E-state index contributed by atoms with van der Waals surface area (Å²) in [7, 11) is 2.17. The van der Waals surface area contributed by atoms with Crippen molar-refractivity contribution >= 4 is 33.2 Å². The molecule has 0 radical (unpaired) electrons. The highest BCUT2D eigenvalue weighted by Crippen LogP contribution is 2.33. The molecule has 0 saturated carbocycles. The fourth-order valence-corrected chi connectivity index (χ4v) is 3.69. The highest BCUT2D eigenvalue weighted by molar-refractivity contribution is 7.13. The van der Waals surface area contributed by atoms with Crippen LogP contribution in [0.3, 0.4) is 0 Å². The monoisotopic (exact) mass is 388 g/mol. The van der Waals surface area contributed by atoms with Crippen molar-refractivity contribution in [1.82, 2.24) is 9.27 Å². The standard InChI is InChI=1S/C21H25ClN2OS/c1-15(2)24(3)12-4-5-13-25-18-10-11-19-20(14-18)26-23-21(19)16-6-8-17(22)9-7-16/h6-11,14-15H,4-5,12-13H2,1-3H3. The molecule has 0 spiro atoms. The van der Waals surface area contributed by atoms with Gasteiger partial charge in [-0.05, 0) is 82.1 Å². The van der Waals surface area contributed by atoms with Crippen LogP contribution >= 0.6 is 23.1 Å². The Kier molecular flexibility index (Phi) is 6.52. The molecule has 5 heteroatoms. The van der Waals surface area contributed by atoms with Crippen molar-refractivity contribution in [3.8, 4) is 17.0 Å². The van der Waals surface area contributed by atoms with Crippen molar-refractivity contribution < 1.29 is 4.74 Å². The van der Waals surface area contributed by atoms with E-state index in [4.69, 9.17) is 16.3 Å². The maximum absolute atomic E-state index is 5.98. The predicted octanol–water partition coefficient (Wildman–Crippen LogP) is 6.12. The van der Waals surface area contributed by atoms with Gasteiger partial charge < -0.3 is 9.64 Å². The molecule has 2 aromatic carbocycles. The van der Waals surface area contributed by atoms with E-state index in [0.717, 1.165) is 58.1 Å². The molecule has 0 fully saturated rings. The zero-order valence-corrected chi connectivity index (χ0v) is 17.1. The van der Waals surface area contributed by atoms with Crippen LogP contribution in [0.5, 0.6) is 5.75 Å². The van der Waals surface area contributed by atoms with Crippen LogP contribution in [-0.2, 0) is 0 Å². The third-order valence-corrected chi connectivity index (χ3v) is 5.68. The molecular weight excluding hydrogens is 364 g/mol. The van der Waals surface area contributed by atoms with Crippen LogP contribution in [0, 0.1) is 0 Å². The average molecular weight is 389 g/mol. The van der Waals surface area contributed by atoms with Gasteiger partial charge in [0.1, 0.15) is 5.75 Å². The van der Waals surface area contributed by atoms with Gasteiger partial charge in [-0.25, -0.2) is 0 Å². The Balaban J connectivity index is 1.59. The third-order valence-electron chi connectivity index (χ3n) is 4.62. The van der Waals surface area contributed by atoms with E-state index in [0.29, 0.717) is 6.04 Å². The SMILES string of the molecule is CC(C)N(C)CCCCOc1ccc2c(-c3ccc(Cl)cc3)nsc2c1. The van der Waals surface area contributed by atoms with Gasteiger partial charge in [-0.3, -0.25) is 0 Å². The molecule has 0 N–H and O–H groups in total. The number of aromatic nitrogens is 1. The zero-order chi connectivity index (χ0) is 18.5. The number of unbranched alkanes of at least 4 members (excludes halogenated alkanes) is 1. The molecule has 1 aromatic heterocycles. The van der Waals surface area contributed by atoms with Crippen LogP contribution in [0.15, 0.2) is 42.5 Å². The van der Waals surface area contributed by atoms with E-state index >= 15 is 0 Å². The minimum atomic E-state index is 0.597. The van der Waals surface area contributed by atoms with E-state index in [9.17, 15) is 0 Å². The lowest BCUT2D eigenvalue weighted by Crippen LogP contribution is -2.27. The first kappa shape index (κ1) is 19.2. The molecule has 3 aromatic rings. The lowest BCUT2D eigenvalue weighted by atomic mass is 10.1. The van der Waals surface area contributed by atoms with Crippen LogP contribution in [0.4, 0.5) is 0 Å². The fraction of sp³-hybridized carbons (Fsp3) is 0.381. The Morgan fingerprint density at radius 1 is 1.12 bits per heavy atom. The van der Waals surface area contributed by atoms with Gasteiger partial charge in [-0.1, -0.05) is 23.7 Å². The van der Waals surface area contributed by atoms with Gasteiger partial charge in [0.25, 0.3) is 0 Å². The van der Waals surface area contributed by atoms with Gasteiger partial charge in [0.15, 0.2) is 0 Å². The van der Waals surface area contributed by atoms with E-state index in [1.165, 1.54) is 11.5 Å². The van der Waals surface area contributed by atoms with Crippen molar-refractivity contribution in [1.29, 1.82) is 0 Å². The highest BCUT2D eigenvalue weighted by Gasteiger charge is 2.10. The van der Waals surface area contributed by atoms with Crippen molar-refractivity contribution in [3.05, 3.63) is 47.5 Å². The molecule has 0 aliphatic heterocycles. The zero-order valence-electron chi connectivity index (χ0n) is 15.5. The molecule has 138 valence electrons. The summed E-state index contributed by atoms with van der Waals surface area (Å²) >= 11 is 7.49. The van der Waals surface area contributed by atoms with E-state index in [-0.39, 0.29) is 0 Å². The van der Waals surface area contributed by atoms with Crippen LogP contribution in [0.2, 0.25) is 5.02 Å². The number of hydrogen-bond acceptors (Lipinski definition) is 4. The number of fused-ring (bicyclic) bond motifs is 1. The fourth-order valence-electron chi connectivity index (χ4n) is 2.74. The Morgan fingerprint density at radius 3 is 2.62 bits per heavy atom. The number of nitrogens with zero attached hydrogens (tertiary/aromatic N) is 2. The summed E-state index contributed by atoms with van der Waals surface area (Å²) in [6, 6.07) is 14.6. The lowest BCUT2D eigenvalue weighted by Gasteiger charge is -2.20. The van der Waals surface area contributed by atoms with Gasteiger partial charge in [0.05, 0.1) is 17.0 Å². The Hall–Kier alpha value is -1.62. The maximum atomic E-state index is 5.98. The second kappa shape index (κ2) is 8.85. The van der Waals surface area contributed by atoms with E-state index in [1.807, 2.05) is 30.3 Å². The van der Waals surface area contributed by atoms with Crippen molar-refractivity contribution in [2.24, 2.45) is 0 Å². The van der Waals surface area contributed by atoms with Gasteiger partial charge >= 0.3 is 0 Å². The van der Waals surface area contributed by atoms with Crippen LogP contribution in [0.1, 0.15) is 26.7 Å². The van der Waals surface area contributed by atoms with Gasteiger partial charge in [0, 0.05) is 22.0 Å². The second-order valence-electron chi connectivity index (χ2n) is 6.83. The molecule has 0 atom stereocenters. The minimum absolute atomic E-state index is 0.597. The van der Waals surface area contributed by atoms with Crippen molar-refractivity contribution in [2.75, 3.05) is 20.2 Å². The van der Waals surface area contributed by atoms with Crippen molar-refractivity contribution in [2.45, 2.75) is 32.7 Å². The van der Waals surface area contributed by atoms with Gasteiger partial charge in [0.2, 0.25) is 0 Å². The van der Waals surface area contributed by atoms with Crippen molar-refractivity contribution in [3.63, 3.8) is 0 Å². The number of rotatable bonds is 8. The predicted molar refractivity (Wildman–Crippen MR) is 113 cm³/mol. The molecule has 0 saturated heterocycles. The highest BCUT2D eigenvalue weighted by atomic mass is 35.5. The summed E-state index contributed by atoms with van der Waals surface area (Å²) in [5, 5.41) is 1.90. The molecule has 0 unspecified atom stereocenters. The summed E-state index contributed by atoms with van der Waals surface area (Å²) < 4.78 is 11.7. The number of halogens is 1. The summed E-state index contributed by atoms with van der Waals surface area (Å²) in [4.78, 5) is 2.36. The van der Waals surface area contributed by atoms with E-state index < -0.39 is 0 Å². The second-order valence-corrected chi connectivity index (χ2v) is 8.07. The quantitative estimate of drug-likeness (QED) is 0.435. The molecule has 1 heterocycles. The molecule has 3 rings (SSSR count). The van der Waals surface area contributed by atoms with E-state index in [1.54, 1.807) is 0 Å². The summed E-state index contributed by atoms with van der Waals surface area (Å²) in [6.07, 6.45) is 2.21. The average Bonchev–Trinajstić information content (AvgIpc) is 3.05. The lowest BCUT2D eigenvalue weighted by molar-refractivity contribution is 0.249. The molecule has 0 aliphatic carbocycles. The number of hydrogen-bond donors (Lipinski definition) is 0. The molecular formula is C21H25ClN2OS. The third kappa shape index (κ3) is 4.76. The van der Waals surface area contributed by atoms with Gasteiger partial charge in [-0.15, -0.1) is 0 Å². The summed E-state index contributed by atoms with van der Waals surface area (Å²) in [6.45, 7) is 6.30. The first-order chi connectivity index (χ1) is 12.5. The maximum Gasteiger partial charge on any atom is 0.120 e. The minimum Gasteiger partial charge on any atom is -0.494 e. The Labute approximate surface area is 164 Å². The molecule has 26 heavy (non-hydrogen) atoms. The first-order valence-electron chi connectivity index (χ1n) is 9.03. The summed E-state index contributed by atoms with van der Waals surface area (Å²) in [5.74, 6) is 0.918. The van der Waals surface area contributed by atoms with Gasteiger partial charge in [-0.2, -0.15) is 4.37 Å². The van der Waals surface area contributed by atoms with Crippen LogP contribution in [0.25, 0.3) is 21.3 Å². The largest absolute Gasteiger partial charge is 0.494 e. The van der Waals surface area contributed by atoms with E-state index in [2.05, 4.69) is 42.3 Å². The number of benzene rings is 2.